The Morgan fingerprint density at radius 1 is 1.45 bits per heavy atom. The third-order valence-electron chi connectivity index (χ3n) is 1.40. The molecule has 0 aromatic carbocycles. The lowest BCUT2D eigenvalue weighted by Crippen LogP contribution is -1.69. The number of pyridine rings is 1. The number of hydrogen-bond acceptors (Lipinski definition) is 2. The number of aromatic nitrogens is 3. The van der Waals surface area contributed by atoms with Gasteiger partial charge in [-0.05, 0) is 13.0 Å². The van der Waals surface area contributed by atoms with Crippen LogP contribution in [0, 0.1) is 6.92 Å². The lowest BCUT2D eigenvalue weighted by molar-refractivity contribution is 1.17. The molecule has 2 rings (SSSR count). The summed E-state index contributed by atoms with van der Waals surface area (Å²) in [5, 5.41) is 0. The van der Waals surface area contributed by atoms with Gasteiger partial charge < -0.3 is 4.98 Å². The van der Waals surface area contributed by atoms with Gasteiger partial charge >= 0.3 is 0 Å². The van der Waals surface area contributed by atoms with Gasteiger partial charge in [0.1, 0.15) is 5.82 Å². The van der Waals surface area contributed by atoms with E-state index in [1.807, 2.05) is 13.0 Å². The van der Waals surface area contributed by atoms with Crippen molar-refractivity contribution < 1.29 is 0 Å². The molecule has 0 spiro atoms. The summed E-state index contributed by atoms with van der Waals surface area (Å²) in [7, 11) is 0. The van der Waals surface area contributed by atoms with Gasteiger partial charge in [0.2, 0.25) is 0 Å². The molecule has 1 N–H and O–H groups in total. The number of hydrogen-bond donors (Lipinski definition) is 1. The molecule has 0 saturated heterocycles. The Labute approximate surface area is 65.5 Å². The quantitative estimate of drug-likeness (QED) is 0.621. The number of aryl methyl sites for hydroxylation is 1. The molecule has 2 heterocycles. The van der Waals surface area contributed by atoms with Gasteiger partial charge in [-0.3, -0.25) is 4.98 Å². The molecule has 0 aliphatic carbocycles. The zero-order chi connectivity index (χ0) is 6.97. The van der Waals surface area contributed by atoms with Gasteiger partial charge in [0, 0.05) is 6.20 Å². The SMILES string of the molecule is C.Cc1nc2ccncc2[nH]1. The highest BCUT2D eigenvalue weighted by molar-refractivity contribution is 5.73. The summed E-state index contributed by atoms with van der Waals surface area (Å²) in [6, 6.07) is 1.89. The summed E-state index contributed by atoms with van der Waals surface area (Å²) >= 11 is 0. The molecular weight excluding hydrogens is 138 g/mol. The normalized spacial score (nSPS) is 9.55. The summed E-state index contributed by atoms with van der Waals surface area (Å²) < 4.78 is 0. The Bertz CT molecular complexity index is 318. The van der Waals surface area contributed by atoms with E-state index in [0.717, 1.165) is 16.9 Å². The van der Waals surface area contributed by atoms with Gasteiger partial charge in [0.15, 0.2) is 0 Å². The van der Waals surface area contributed by atoms with Crippen molar-refractivity contribution >= 4 is 11.0 Å². The molecule has 0 saturated carbocycles. The van der Waals surface area contributed by atoms with E-state index in [2.05, 4.69) is 15.0 Å². The number of H-pyrrole nitrogens is 1. The van der Waals surface area contributed by atoms with Crippen molar-refractivity contribution in [3.8, 4) is 0 Å². The fourth-order valence-corrected chi connectivity index (χ4v) is 0.984. The highest BCUT2D eigenvalue weighted by atomic mass is 14.9. The van der Waals surface area contributed by atoms with E-state index in [1.165, 1.54) is 0 Å². The van der Waals surface area contributed by atoms with Crippen LogP contribution in [-0.2, 0) is 0 Å². The minimum atomic E-state index is 0. The first-order valence-corrected chi connectivity index (χ1v) is 3.12. The fraction of sp³-hybridized carbons (Fsp3) is 0.250. The predicted octanol–water partition coefficient (Wildman–Crippen LogP) is 1.90. The standard InChI is InChI=1S/C7H7N3.CH4/c1-5-9-6-2-3-8-4-7(6)10-5;/h2-4H,1H3,(H,9,10);1H4. The van der Waals surface area contributed by atoms with E-state index in [1.54, 1.807) is 12.4 Å². The first kappa shape index (κ1) is 7.72. The van der Waals surface area contributed by atoms with Crippen LogP contribution < -0.4 is 0 Å². The zero-order valence-corrected chi connectivity index (χ0v) is 5.63. The van der Waals surface area contributed by atoms with Gasteiger partial charge in [-0.1, -0.05) is 7.43 Å². The number of imidazole rings is 1. The Morgan fingerprint density at radius 3 is 3.00 bits per heavy atom. The van der Waals surface area contributed by atoms with E-state index < -0.39 is 0 Å². The zero-order valence-electron chi connectivity index (χ0n) is 5.63. The summed E-state index contributed by atoms with van der Waals surface area (Å²) in [6.07, 6.45) is 3.51. The first-order chi connectivity index (χ1) is 4.86. The van der Waals surface area contributed by atoms with Crippen molar-refractivity contribution in [1.29, 1.82) is 0 Å². The summed E-state index contributed by atoms with van der Waals surface area (Å²) in [6.45, 7) is 1.93. The Balaban J connectivity index is 0.000000605. The van der Waals surface area contributed by atoms with Crippen molar-refractivity contribution in [2.75, 3.05) is 0 Å². The maximum atomic E-state index is 4.22. The predicted molar refractivity (Wildman–Crippen MR) is 45.4 cm³/mol. The molecule has 0 aliphatic heterocycles. The Kier molecular flexibility index (Phi) is 1.89. The molecule has 0 aliphatic rings. The van der Waals surface area contributed by atoms with Gasteiger partial charge in [-0.25, -0.2) is 4.98 Å². The third-order valence-corrected chi connectivity index (χ3v) is 1.40. The molecule has 0 atom stereocenters. The molecule has 3 heteroatoms. The molecular formula is C8H11N3. The third kappa shape index (κ3) is 1.22. The summed E-state index contributed by atoms with van der Waals surface area (Å²) in [4.78, 5) is 11.3. The van der Waals surface area contributed by atoms with Crippen LogP contribution in [0.15, 0.2) is 18.5 Å². The van der Waals surface area contributed by atoms with Crippen molar-refractivity contribution in [2.45, 2.75) is 14.4 Å². The summed E-state index contributed by atoms with van der Waals surface area (Å²) in [5.41, 5.74) is 1.98. The maximum absolute atomic E-state index is 4.22. The van der Waals surface area contributed by atoms with Crippen LogP contribution in [0.5, 0.6) is 0 Å². The maximum Gasteiger partial charge on any atom is 0.104 e. The van der Waals surface area contributed by atoms with E-state index >= 15 is 0 Å². The van der Waals surface area contributed by atoms with Gasteiger partial charge in [0.05, 0.1) is 17.2 Å². The van der Waals surface area contributed by atoms with Crippen molar-refractivity contribution in [1.82, 2.24) is 15.0 Å². The summed E-state index contributed by atoms with van der Waals surface area (Å²) in [5.74, 6) is 0.933. The second kappa shape index (κ2) is 2.70. The van der Waals surface area contributed by atoms with E-state index in [9.17, 15) is 0 Å². The van der Waals surface area contributed by atoms with E-state index in [4.69, 9.17) is 0 Å². The highest BCUT2D eigenvalue weighted by Crippen LogP contribution is 2.06. The van der Waals surface area contributed by atoms with Crippen LogP contribution in [-0.4, -0.2) is 15.0 Å². The molecule has 2 aromatic heterocycles. The van der Waals surface area contributed by atoms with Crippen molar-refractivity contribution in [3.63, 3.8) is 0 Å². The van der Waals surface area contributed by atoms with Gasteiger partial charge in [-0.15, -0.1) is 0 Å². The molecule has 0 amide bonds. The monoisotopic (exact) mass is 149 g/mol. The lowest BCUT2D eigenvalue weighted by Gasteiger charge is -1.80. The minimum absolute atomic E-state index is 0. The average Bonchev–Trinajstić information content (AvgIpc) is 2.27. The second-order valence-electron chi connectivity index (χ2n) is 2.22. The van der Waals surface area contributed by atoms with Crippen molar-refractivity contribution in [2.24, 2.45) is 0 Å². The second-order valence-corrected chi connectivity index (χ2v) is 2.22. The van der Waals surface area contributed by atoms with Crippen LogP contribution in [0.25, 0.3) is 11.0 Å². The molecule has 0 bridgehead atoms. The average molecular weight is 149 g/mol. The molecule has 0 fully saturated rings. The van der Waals surface area contributed by atoms with Crippen molar-refractivity contribution in [3.05, 3.63) is 24.3 Å². The molecule has 58 valence electrons. The topological polar surface area (TPSA) is 41.6 Å². The van der Waals surface area contributed by atoms with E-state index in [-0.39, 0.29) is 7.43 Å². The number of rotatable bonds is 0. The molecule has 2 aromatic rings. The number of nitrogens with zero attached hydrogens (tertiary/aromatic N) is 2. The smallest absolute Gasteiger partial charge is 0.104 e. The van der Waals surface area contributed by atoms with Crippen LogP contribution in [0.1, 0.15) is 13.3 Å². The Morgan fingerprint density at radius 2 is 2.27 bits per heavy atom. The largest absolute Gasteiger partial charge is 0.341 e. The van der Waals surface area contributed by atoms with Gasteiger partial charge in [0.25, 0.3) is 0 Å². The molecule has 11 heavy (non-hydrogen) atoms. The van der Waals surface area contributed by atoms with Crippen LogP contribution in [0.2, 0.25) is 0 Å². The lowest BCUT2D eigenvalue weighted by atomic mass is 10.4. The number of fused-ring (bicyclic) bond motifs is 1. The van der Waals surface area contributed by atoms with Crippen LogP contribution in [0.4, 0.5) is 0 Å². The number of nitrogens with one attached hydrogen (secondary N) is 1. The molecule has 0 radical (unpaired) electrons. The first-order valence-electron chi connectivity index (χ1n) is 3.12. The van der Waals surface area contributed by atoms with Crippen LogP contribution >= 0.6 is 0 Å². The Hall–Kier alpha value is -1.38. The van der Waals surface area contributed by atoms with Crippen LogP contribution in [0.3, 0.4) is 0 Å². The molecule has 3 nitrogen and oxygen atoms in total. The van der Waals surface area contributed by atoms with Gasteiger partial charge in [-0.2, -0.15) is 0 Å². The van der Waals surface area contributed by atoms with E-state index in [0.29, 0.717) is 0 Å². The molecule has 0 unspecified atom stereocenters. The highest BCUT2D eigenvalue weighted by Gasteiger charge is 1.94. The number of aromatic amines is 1. The minimum Gasteiger partial charge on any atom is -0.341 e. The fourth-order valence-electron chi connectivity index (χ4n) is 0.984.